The lowest BCUT2D eigenvalue weighted by Gasteiger charge is -2.26. The summed E-state index contributed by atoms with van der Waals surface area (Å²) in [5.41, 5.74) is 0.209. The second-order valence-electron chi connectivity index (χ2n) is 6.56. The Hall–Kier alpha value is -0.0400. The van der Waals surface area contributed by atoms with Gasteiger partial charge in [0, 0.05) is 25.7 Å². The number of rotatable bonds is 6. The van der Waals surface area contributed by atoms with Crippen molar-refractivity contribution in [1.29, 1.82) is 0 Å². The zero-order valence-electron chi connectivity index (χ0n) is 13.3. The van der Waals surface area contributed by atoms with Crippen molar-refractivity contribution < 1.29 is 0 Å². The van der Waals surface area contributed by atoms with E-state index in [1.54, 1.807) is 0 Å². The number of guanidine groups is 1. The molecule has 114 valence electrons. The molecule has 0 radical (unpaired) electrons. The van der Waals surface area contributed by atoms with E-state index >= 15 is 0 Å². The molecule has 5 heteroatoms. The molecule has 0 aromatic heterocycles. The van der Waals surface area contributed by atoms with Gasteiger partial charge < -0.3 is 15.5 Å². The second kappa shape index (κ2) is 8.29. The quantitative estimate of drug-likeness (QED) is 0.420. The van der Waals surface area contributed by atoms with Crippen LogP contribution in [0.2, 0.25) is 0 Å². The Morgan fingerprint density at radius 1 is 1.37 bits per heavy atom. The highest BCUT2D eigenvalue weighted by Gasteiger charge is 2.33. The van der Waals surface area contributed by atoms with Crippen LogP contribution in [0.4, 0.5) is 0 Å². The Bertz CT molecular complexity index is 289. The van der Waals surface area contributed by atoms with Crippen molar-refractivity contribution in [2.45, 2.75) is 40.2 Å². The third kappa shape index (κ3) is 7.97. The molecule has 4 nitrogen and oxygen atoms in total. The van der Waals surface area contributed by atoms with Crippen molar-refractivity contribution in [3.8, 4) is 0 Å². The van der Waals surface area contributed by atoms with Crippen molar-refractivity contribution >= 4 is 29.9 Å². The molecule has 1 aliphatic rings. The van der Waals surface area contributed by atoms with Gasteiger partial charge in [-0.3, -0.25) is 4.99 Å². The van der Waals surface area contributed by atoms with Crippen LogP contribution in [0.25, 0.3) is 0 Å². The topological polar surface area (TPSA) is 39.7 Å². The van der Waals surface area contributed by atoms with Crippen LogP contribution in [-0.4, -0.2) is 50.6 Å². The Morgan fingerprint density at radius 2 is 1.95 bits per heavy atom. The summed E-state index contributed by atoms with van der Waals surface area (Å²) in [7, 11) is 4.22. The molecule has 0 saturated heterocycles. The van der Waals surface area contributed by atoms with Crippen LogP contribution in [0.5, 0.6) is 0 Å². The summed E-state index contributed by atoms with van der Waals surface area (Å²) in [4.78, 5) is 6.94. The van der Waals surface area contributed by atoms with E-state index in [2.05, 4.69) is 57.3 Å². The zero-order valence-corrected chi connectivity index (χ0v) is 15.6. The maximum atomic E-state index is 4.72. The van der Waals surface area contributed by atoms with Gasteiger partial charge in [0.25, 0.3) is 0 Å². The van der Waals surface area contributed by atoms with Gasteiger partial charge in [-0.25, -0.2) is 0 Å². The molecule has 1 rings (SSSR count). The molecule has 0 aliphatic heterocycles. The van der Waals surface area contributed by atoms with Crippen LogP contribution < -0.4 is 10.6 Å². The van der Waals surface area contributed by atoms with E-state index in [4.69, 9.17) is 4.99 Å². The number of nitrogens with zero attached hydrogens (tertiary/aromatic N) is 2. The minimum Gasteiger partial charge on any atom is -0.357 e. The van der Waals surface area contributed by atoms with Crippen LogP contribution in [0, 0.1) is 11.3 Å². The predicted octanol–water partition coefficient (Wildman–Crippen LogP) is 2.16. The third-order valence-electron chi connectivity index (χ3n) is 3.19. The monoisotopic (exact) mass is 382 g/mol. The maximum Gasteiger partial charge on any atom is 0.191 e. The first kappa shape index (κ1) is 19.0. The number of hydrogen-bond acceptors (Lipinski definition) is 2. The average Bonchev–Trinajstić information content (AvgIpc) is 2.89. The molecule has 1 saturated carbocycles. The van der Waals surface area contributed by atoms with E-state index < -0.39 is 0 Å². The molecule has 1 aliphatic carbocycles. The molecular weight excluding hydrogens is 351 g/mol. The Kier molecular flexibility index (Phi) is 8.27. The van der Waals surface area contributed by atoms with Crippen LogP contribution in [0.15, 0.2) is 4.99 Å². The van der Waals surface area contributed by atoms with Crippen LogP contribution in [-0.2, 0) is 0 Å². The van der Waals surface area contributed by atoms with Crippen molar-refractivity contribution in [1.82, 2.24) is 15.5 Å². The third-order valence-corrected chi connectivity index (χ3v) is 3.19. The number of halogens is 1. The van der Waals surface area contributed by atoms with Gasteiger partial charge in [0.1, 0.15) is 0 Å². The van der Waals surface area contributed by atoms with E-state index in [9.17, 15) is 0 Å². The fourth-order valence-electron chi connectivity index (χ4n) is 2.22. The predicted molar refractivity (Wildman–Crippen MR) is 94.4 cm³/mol. The lowest BCUT2D eigenvalue weighted by atomic mass is 9.93. The molecule has 0 aromatic carbocycles. The lowest BCUT2D eigenvalue weighted by Crippen LogP contribution is -2.40. The summed E-state index contributed by atoms with van der Waals surface area (Å²) in [5.74, 6) is 1.77. The summed E-state index contributed by atoms with van der Waals surface area (Å²) >= 11 is 0. The summed E-state index contributed by atoms with van der Waals surface area (Å²) in [6.45, 7) is 11.7. The summed E-state index contributed by atoms with van der Waals surface area (Å²) in [5, 5.41) is 6.82. The van der Waals surface area contributed by atoms with E-state index in [0.717, 1.165) is 31.5 Å². The van der Waals surface area contributed by atoms with Crippen molar-refractivity contribution in [2.75, 3.05) is 33.7 Å². The fraction of sp³-hybridized carbons (Fsp3) is 0.929. The molecule has 0 bridgehead atoms. The number of aliphatic imine (C=N–C) groups is 1. The average molecular weight is 382 g/mol. The highest BCUT2D eigenvalue weighted by molar-refractivity contribution is 14.0. The Labute approximate surface area is 135 Å². The van der Waals surface area contributed by atoms with Crippen LogP contribution in [0.1, 0.15) is 34.1 Å². The van der Waals surface area contributed by atoms with Gasteiger partial charge in [0.2, 0.25) is 0 Å². The molecule has 0 amide bonds. The molecule has 2 unspecified atom stereocenters. The standard InChI is InChI=1S/C14H30N4.HI/c1-7-15-13(17-12-8-11(12)2)16-9-14(3,4)10-18(5)6;/h11-12H,7-10H2,1-6H3,(H2,15,16,17);1H. The largest absolute Gasteiger partial charge is 0.357 e. The van der Waals surface area contributed by atoms with Crippen molar-refractivity contribution in [3.05, 3.63) is 0 Å². The molecule has 2 N–H and O–H groups in total. The molecule has 0 heterocycles. The SMILES string of the molecule is CCNC(=NCC(C)(C)CN(C)C)NC1CC1C.I. The second-order valence-corrected chi connectivity index (χ2v) is 6.56. The van der Waals surface area contributed by atoms with Gasteiger partial charge in [0.05, 0.1) is 0 Å². The maximum absolute atomic E-state index is 4.72. The smallest absolute Gasteiger partial charge is 0.191 e. The summed E-state index contributed by atoms with van der Waals surface area (Å²) in [6, 6.07) is 0.625. The van der Waals surface area contributed by atoms with Gasteiger partial charge in [-0.15, -0.1) is 24.0 Å². The van der Waals surface area contributed by atoms with E-state index in [1.165, 1.54) is 6.42 Å². The molecule has 1 fully saturated rings. The van der Waals surface area contributed by atoms with Crippen molar-refractivity contribution in [2.24, 2.45) is 16.3 Å². The Morgan fingerprint density at radius 3 is 2.37 bits per heavy atom. The highest BCUT2D eigenvalue weighted by atomic mass is 127. The highest BCUT2D eigenvalue weighted by Crippen LogP contribution is 2.28. The number of hydrogen-bond donors (Lipinski definition) is 2. The van der Waals surface area contributed by atoms with Crippen LogP contribution in [0.3, 0.4) is 0 Å². The van der Waals surface area contributed by atoms with E-state index in [-0.39, 0.29) is 29.4 Å². The van der Waals surface area contributed by atoms with Gasteiger partial charge >= 0.3 is 0 Å². The molecule has 0 spiro atoms. The van der Waals surface area contributed by atoms with Gasteiger partial charge in [-0.05, 0) is 38.8 Å². The summed E-state index contributed by atoms with van der Waals surface area (Å²) in [6.07, 6.45) is 1.27. The lowest BCUT2D eigenvalue weighted by molar-refractivity contribution is 0.248. The molecular formula is C14H31IN4. The first-order valence-electron chi connectivity index (χ1n) is 7.03. The van der Waals surface area contributed by atoms with Gasteiger partial charge in [-0.2, -0.15) is 0 Å². The van der Waals surface area contributed by atoms with Crippen molar-refractivity contribution in [3.63, 3.8) is 0 Å². The van der Waals surface area contributed by atoms with E-state index in [1.807, 2.05) is 0 Å². The van der Waals surface area contributed by atoms with E-state index in [0.29, 0.717) is 6.04 Å². The molecule has 2 atom stereocenters. The molecule has 19 heavy (non-hydrogen) atoms. The minimum atomic E-state index is 0. The van der Waals surface area contributed by atoms with Gasteiger partial charge in [0.15, 0.2) is 5.96 Å². The fourth-order valence-corrected chi connectivity index (χ4v) is 2.22. The minimum absolute atomic E-state index is 0. The number of nitrogens with one attached hydrogen (secondary N) is 2. The summed E-state index contributed by atoms with van der Waals surface area (Å²) < 4.78 is 0. The Balaban J connectivity index is 0.00000324. The first-order valence-corrected chi connectivity index (χ1v) is 7.03. The molecule has 0 aromatic rings. The van der Waals surface area contributed by atoms with Crippen LogP contribution >= 0.6 is 24.0 Å². The normalized spacial score (nSPS) is 23.0. The zero-order chi connectivity index (χ0) is 13.8. The first-order chi connectivity index (χ1) is 8.34. The van der Waals surface area contributed by atoms with Gasteiger partial charge in [-0.1, -0.05) is 20.8 Å².